The van der Waals surface area contributed by atoms with E-state index in [0.29, 0.717) is 32.5 Å². The van der Waals surface area contributed by atoms with Crippen molar-refractivity contribution in [3.8, 4) is 5.69 Å². The van der Waals surface area contributed by atoms with Crippen LogP contribution in [0.15, 0.2) is 71.9 Å². The summed E-state index contributed by atoms with van der Waals surface area (Å²) in [6.07, 6.45) is 0. The lowest BCUT2D eigenvalue weighted by Gasteiger charge is -2.13. The van der Waals surface area contributed by atoms with Crippen LogP contribution in [0.5, 0.6) is 0 Å². The Kier molecular flexibility index (Phi) is 7.72. The van der Waals surface area contributed by atoms with E-state index in [4.69, 9.17) is 23.2 Å². The van der Waals surface area contributed by atoms with Gasteiger partial charge in [0.2, 0.25) is 0 Å². The minimum atomic E-state index is -0.573. The fraction of sp³-hybridized carbons (Fsp3) is 0.125. The molecule has 0 saturated heterocycles. The van der Waals surface area contributed by atoms with Gasteiger partial charge in [0.05, 0.1) is 22.9 Å². The van der Waals surface area contributed by atoms with Gasteiger partial charge in [-0.2, -0.15) is 0 Å². The van der Waals surface area contributed by atoms with Gasteiger partial charge in [0.25, 0.3) is 0 Å². The van der Waals surface area contributed by atoms with Crippen molar-refractivity contribution in [2.45, 2.75) is 24.4 Å². The third-order valence-electron chi connectivity index (χ3n) is 5.00. The number of halogens is 3. The second-order valence-electron chi connectivity index (χ2n) is 7.33. The van der Waals surface area contributed by atoms with E-state index in [9.17, 15) is 9.18 Å². The largest absolute Gasteiger partial charge is 0.331 e. The van der Waals surface area contributed by atoms with Gasteiger partial charge in [-0.25, -0.2) is 9.18 Å². The number of urea groups is 1. The average Bonchev–Trinajstić information content (AvgIpc) is 3.21. The summed E-state index contributed by atoms with van der Waals surface area (Å²) >= 11 is 14.1. The molecule has 6 nitrogen and oxygen atoms in total. The van der Waals surface area contributed by atoms with Gasteiger partial charge >= 0.3 is 6.03 Å². The molecule has 4 rings (SSSR count). The molecule has 4 aromatic rings. The number of nitrogens with one attached hydrogen (secondary N) is 2. The van der Waals surface area contributed by atoms with Crippen molar-refractivity contribution >= 4 is 46.7 Å². The van der Waals surface area contributed by atoms with Crippen molar-refractivity contribution in [2.75, 3.05) is 5.32 Å². The molecule has 34 heavy (non-hydrogen) atoms. The number of carbonyl (C=O) groups is 1. The molecule has 1 aromatic heterocycles. The molecule has 0 radical (unpaired) electrons. The minimum absolute atomic E-state index is 0.0389. The molecular formula is C24H20Cl2FN5OS. The van der Waals surface area contributed by atoms with Gasteiger partial charge in [-0.05, 0) is 48.4 Å². The standard InChI is InChI=1S/C24H20Cl2FN5OS/c1-15-6-2-3-7-16(15)14-34-24-31-30-22(32(24)21-11-10-17(25)12-18(21)26)13-28-23(33)29-20-9-5-4-8-19(20)27/h2-12H,13-14H2,1H3,(H2,28,29,33). The zero-order chi connectivity index (χ0) is 24.1. The summed E-state index contributed by atoms with van der Waals surface area (Å²) in [5.74, 6) is 0.612. The fourth-order valence-electron chi connectivity index (χ4n) is 3.22. The number of rotatable bonds is 7. The highest BCUT2D eigenvalue weighted by molar-refractivity contribution is 7.98. The molecule has 0 aliphatic carbocycles. The first-order valence-electron chi connectivity index (χ1n) is 10.3. The van der Waals surface area contributed by atoms with E-state index in [-0.39, 0.29) is 12.2 Å². The summed E-state index contributed by atoms with van der Waals surface area (Å²) in [7, 11) is 0. The summed E-state index contributed by atoms with van der Waals surface area (Å²) in [5.41, 5.74) is 3.07. The number of para-hydroxylation sites is 1. The normalized spacial score (nSPS) is 10.8. The number of nitrogens with zero attached hydrogens (tertiary/aromatic N) is 3. The van der Waals surface area contributed by atoms with Gasteiger partial charge in [0, 0.05) is 10.8 Å². The maximum absolute atomic E-state index is 13.8. The Morgan fingerprint density at radius 1 is 1.06 bits per heavy atom. The molecule has 0 saturated carbocycles. The number of aromatic nitrogens is 3. The number of hydrogen-bond acceptors (Lipinski definition) is 4. The van der Waals surface area contributed by atoms with Gasteiger partial charge in [-0.3, -0.25) is 4.57 Å². The molecular weight excluding hydrogens is 496 g/mol. The highest BCUT2D eigenvalue weighted by Gasteiger charge is 2.18. The van der Waals surface area contributed by atoms with Crippen molar-refractivity contribution < 1.29 is 9.18 Å². The summed E-state index contributed by atoms with van der Waals surface area (Å²) in [4.78, 5) is 12.4. The number of aryl methyl sites for hydroxylation is 1. The summed E-state index contributed by atoms with van der Waals surface area (Å²) in [6.45, 7) is 2.09. The second kappa shape index (κ2) is 10.9. The van der Waals surface area contributed by atoms with E-state index in [0.717, 1.165) is 0 Å². The van der Waals surface area contributed by atoms with E-state index < -0.39 is 11.8 Å². The number of hydrogen-bond donors (Lipinski definition) is 2. The molecule has 0 aliphatic heterocycles. The van der Waals surface area contributed by atoms with Gasteiger partial charge in [-0.15, -0.1) is 10.2 Å². The molecule has 0 unspecified atom stereocenters. The molecule has 174 valence electrons. The molecule has 0 bridgehead atoms. The minimum Gasteiger partial charge on any atom is -0.331 e. The van der Waals surface area contributed by atoms with E-state index >= 15 is 0 Å². The van der Waals surface area contributed by atoms with E-state index in [1.807, 2.05) is 12.1 Å². The van der Waals surface area contributed by atoms with Crippen LogP contribution in [-0.4, -0.2) is 20.8 Å². The highest BCUT2D eigenvalue weighted by Crippen LogP contribution is 2.31. The predicted octanol–water partition coefficient (Wildman–Crippen LogP) is 6.64. The van der Waals surface area contributed by atoms with Gasteiger partial charge in [0.1, 0.15) is 5.82 Å². The third-order valence-corrected chi connectivity index (χ3v) is 6.51. The number of benzene rings is 3. The van der Waals surface area contributed by atoms with Crippen molar-refractivity contribution in [2.24, 2.45) is 0 Å². The molecule has 2 amide bonds. The summed E-state index contributed by atoms with van der Waals surface area (Å²) in [5, 5.41) is 15.3. The molecule has 2 N–H and O–H groups in total. The van der Waals surface area contributed by atoms with Gasteiger partial charge in [-0.1, -0.05) is 71.4 Å². The maximum atomic E-state index is 13.8. The van der Waals surface area contributed by atoms with Crippen LogP contribution in [0.1, 0.15) is 17.0 Å². The van der Waals surface area contributed by atoms with Crippen LogP contribution in [0.25, 0.3) is 5.69 Å². The molecule has 0 spiro atoms. The maximum Gasteiger partial charge on any atom is 0.319 e. The Balaban J connectivity index is 1.57. The molecule has 1 heterocycles. The lowest BCUT2D eigenvalue weighted by Crippen LogP contribution is -2.29. The van der Waals surface area contributed by atoms with Crippen molar-refractivity contribution in [1.29, 1.82) is 0 Å². The van der Waals surface area contributed by atoms with Crippen LogP contribution in [-0.2, 0) is 12.3 Å². The monoisotopic (exact) mass is 515 g/mol. The Bertz CT molecular complexity index is 1330. The van der Waals surface area contributed by atoms with Crippen LogP contribution < -0.4 is 10.6 Å². The first-order chi connectivity index (χ1) is 16.4. The van der Waals surface area contributed by atoms with Crippen LogP contribution in [0.3, 0.4) is 0 Å². The number of amides is 2. The van der Waals surface area contributed by atoms with Gasteiger partial charge in [0.15, 0.2) is 11.0 Å². The number of carbonyl (C=O) groups excluding carboxylic acids is 1. The lowest BCUT2D eigenvalue weighted by molar-refractivity contribution is 0.251. The average molecular weight is 516 g/mol. The zero-order valence-electron chi connectivity index (χ0n) is 18.1. The zero-order valence-corrected chi connectivity index (χ0v) is 20.4. The van der Waals surface area contributed by atoms with E-state index in [1.54, 1.807) is 34.9 Å². The third kappa shape index (κ3) is 5.70. The van der Waals surface area contributed by atoms with Crippen LogP contribution in [0.2, 0.25) is 10.0 Å². The van der Waals surface area contributed by atoms with Crippen LogP contribution in [0, 0.1) is 12.7 Å². The van der Waals surface area contributed by atoms with E-state index in [2.05, 4.69) is 39.9 Å². The lowest BCUT2D eigenvalue weighted by atomic mass is 10.1. The molecule has 0 atom stereocenters. The number of thioether (sulfide) groups is 1. The Morgan fingerprint density at radius 2 is 1.82 bits per heavy atom. The molecule has 10 heteroatoms. The topological polar surface area (TPSA) is 71.8 Å². The van der Waals surface area contributed by atoms with Crippen molar-refractivity contribution in [1.82, 2.24) is 20.1 Å². The molecule has 3 aromatic carbocycles. The second-order valence-corrected chi connectivity index (χ2v) is 9.12. The highest BCUT2D eigenvalue weighted by atomic mass is 35.5. The summed E-state index contributed by atoms with van der Waals surface area (Å²) < 4.78 is 15.6. The quantitative estimate of drug-likeness (QED) is 0.270. The van der Waals surface area contributed by atoms with Gasteiger partial charge < -0.3 is 10.6 Å². The summed E-state index contributed by atoms with van der Waals surface area (Å²) in [6, 6.07) is 18.6. The Hall–Kier alpha value is -3.07. The van der Waals surface area contributed by atoms with Crippen molar-refractivity contribution in [3.05, 3.63) is 99.5 Å². The van der Waals surface area contributed by atoms with Crippen LogP contribution in [0.4, 0.5) is 14.9 Å². The smallest absolute Gasteiger partial charge is 0.319 e. The Morgan fingerprint density at radius 3 is 2.59 bits per heavy atom. The molecule has 0 aliphatic rings. The Labute approximate surface area is 210 Å². The number of anilines is 1. The predicted molar refractivity (Wildman–Crippen MR) is 134 cm³/mol. The molecule has 0 fully saturated rings. The SMILES string of the molecule is Cc1ccccc1CSc1nnc(CNC(=O)Nc2ccccc2F)n1-c1ccc(Cl)cc1Cl. The van der Waals surface area contributed by atoms with Crippen LogP contribution >= 0.6 is 35.0 Å². The van der Waals surface area contributed by atoms with Crippen molar-refractivity contribution in [3.63, 3.8) is 0 Å². The van der Waals surface area contributed by atoms with E-state index in [1.165, 1.54) is 35.0 Å². The fourth-order valence-corrected chi connectivity index (χ4v) is 4.75. The first-order valence-corrected chi connectivity index (χ1v) is 12.0. The first kappa shape index (κ1) is 24.1.